The molecule has 2 aromatic carbocycles. The Hall–Kier alpha value is -3.08. The highest BCUT2D eigenvalue weighted by Crippen LogP contribution is 2.13. The van der Waals surface area contributed by atoms with Crippen LogP contribution in [0.3, 0.4) is 0 Å². The monoisotopic (exact) mass is 310 g/mol. The second-order valence-corrected chi connectivity index (χ2v) is 4.76. The van der Waals surface area contributed by atoms with Crippen LogP contribution >= 0.6 is 0 Å². The molecule has 0 bridgehead atoms. The third-order valence-corrected chi connectivity index (χ3v) is 3.16. The van der Waals surface area contributed by atoms with Gasteiger partial charge in [0.05, 0.1) is 7.11 Å². The molecule has 0 saturated heterocycles. The van der Waals surface area contributed by atoms with Crippen molar-refractivity contribution < 1.29 is 14.3 Å². The molecule has 0 unspecified atom stereocenters. The summed E-state index contributed by atoms with van der Waals surface area (Å²) in [4.78, 5) is 23.5. The topological polar surface area (TPSA) is 67.4 Å². The van der Waals surface area contributed by atoms with E-state index in [1.807, 2.05) is 24.3 Å². The summed E-state index contributed by atoms with van der Waals surface area (Å²) in [5.41, 5.74) is 1.94. The summed E-state index contributed by atoms with van der Waals surface area (Å²) in [6.07, 6.45) is 3.14. The van der Waals surface area contributed by atoms with Gasteiger partial charge < -0.3 is 15.4 Å². The molecule has 23 heavy (non-hydrogen) atoms. The molecule has 0 aliphatic carbocycles. The Balaban J connectivity index is 2.01. The van der Waals surface area contributed by atoms with Gasteiger partial charge in [0.1, 0.15) is 5.75 Å². The number of carbonyl (C=O) groups is 2. The second-order valence-electron chi connectivity index (χ2n) is 4.76. The molecule has 0 radical (unpaired) electrons. The number of ether oxygens (including phenoxy) is 1. The van der Waals surface area contributed by atoms with Crippen LogP contribution in [0.25, 0.3) is 6.08 Å². The van der Waals surface area contributed by atoms with Crippen molar-refractivity contribution in [3.63, 3.8) is 0 Å². The summed E-state index contributed by atoms with van der Waals surface area (Å²) in [6, 6.07) is 14.1. The Morgan fingerprint density at radius 3 is 2.48 bits per heavy atom. The first-order valence-corrected chi connectivity index (χ1v) is 7.07. The molecule has 5 nitrogen and oxygen atoms in total. The zero-order valence-corrected chi connectivity index (χ0v) is 13.0. The summed E-state index contributed by atoms with van der Waals surface area (Å²) < 4.78 is 5.08. The van der Waals surface area contributed by atoms with Crippen LogP contribution in [0.1, 0.15) is 15.9 Å². The van der Waals surface area contributed by atoms with Crippen LogP contribution in [-0.2, 0) is 4.79 Å². The highest BCUT2D eigenvalue weighted by Gasteiger charge is 2.04. The van der Waals surface area contributed by atoms with Crippen molar-refractivity contribution in [3.05, 3.63) is 65.7 Å². The van der Waals surface area contributed by atoms with E-state index >= 15 is 0 Å². The van der Waals surface area contributed by atoms with E-state index in [0.717, 1.165) is 11.3 Å². The van der Waals surface area contributed by atoms with Crippen LogP contribution in [0.5, 0.6) is 5.75 Å². The zero-order chi connectivity index (χ0) is 16.7. The first-order valence-electron chi connectivity index (χ1n) is 7.07. The van der Waals surface area contributed by atoms with E-state index in [1.165, 1.54) is 6.08 Å². The molecule has 0 aliphatic rings. The SMILES string of the molecule is CNC(=O)c1cccc(NC(=O)/C=C/c2ccc(OC)cc2)c1. The molecule has 2 amide bonds. The van der Waals surface area contributed by atoms with Gasteiger partial charge in [-0.2, -0.15) is 0 Å². The van der Waals surface area contributed by atoms with Gasteiger partial charge >= 0.3 is 0 Å². The van der Waals surface area contributed by atoms with Gasteiger partial charge in [-0.25, -0.2) is 0 Å². The Kier molecular flexibility index (Phi) is 5.52. The fourth-order valence-electron chi connectivity index (χ4n) is 1.95. The Morgan fingerprint density at radius 1 is 1.09 bits per heavy atom. The maximum absolute atomic E-state index is 11.9. The molecule has 0 atom stereocenters. The Labute approximate surface area is 135 Å². The van der Waals surface area contributed by atoms with Gasteiger partial charge in [0.15, 0.2) is 0 Å². The summed E-state index contributed by atoms with van der Waals surface area (Å²) >= 11 is 0. The van der Waals surface area contributed by atoms with E-state index in [0.29, 0.717) is 11.3 Å². The number of amides is 2. The predicted octanol–water partition coefficient (Wildman–Crippen LogP) is 2.71. The van der Waals surface area contributed by atoms with Crippen LogP contribution < -0.4 is 15.4 Å². The van der Waals surface area contributed by atoms with Crippen LogP contribution in [0.4, 0.5) is 5.69 Å². The van der Waals surface area contributed by atoms with Crippen LogP contribution in [0.2, 0.25) is 0 Å². The zero-order valence-electron chi connectivity index (χ0n) is 13.0. The van der Waals surface area contributed by atoms with Crippen LogP contribution in [0, 0.1) is 0 Å². The lowest BCUT2D eigenvalue weighted by Gasteiger charge is -2.05. The third kappa shape index (κ3) is 4.71. The molecule has 2 aromatic rings. The van der Waals surface area contributed by atoms with Crippen LogP contribution in [-0.4, -0.2) is 26.0 Å². The Bertz CT molecular complexity index is 721. The van der Waals surface area contributed by atoms with Crippen molar-refractivity contribution >= 4 is 23.6 Å². The fourth-order valence-corrected chi connectivity index (χ4v) is 1.95. The molecule has 2 N–H and O–H groups in total. The Morgan fingerprint density at radius 2 is 1.83 bits per heavy atom. The minimum atomic E-state index is -0.269. The van der Waals surface area contributed by atoms with E-state index in [2.05, 4.69) is 10.6 Å². The van der Waals surface area contributed by atoms with Crippen molar-refractivity contribution in [1.29, 1.82) is 0 Å². The number of carbonyl (C=O) groups excluding carboxylic acids is 2. The molecule has 118 valence electrons. The summed E-state index contributed by atoms with van der Waals surface area (Å²) in [5, 5.41) is 5.27. The molecule has 0 aliphatic heterocycles. The number of anilines is 1. The van der Waals surface area contributed by atoms with E-state index in [1.54, 1.807) is 44.5 Å². The average Bonchev–Trinajstić information content (AvgIpc) is 2.60. The molecule has 0 saturated carbocycles. The fraction of sp³-hybridized carbons (Fsp3) is 0.111. The predicted molar refractivity (Wildman–Crippen MR) is 90.5 cm³/mol. The molecular formula is C18H18N2O3. The standard InChI is InChI=1S/C18H18N2O3/c1-19-18(22)14-4-3-5-15(12-14)20-17(21)11-8-13-6-9-16(23-2)10-7-13/h3-12H,1-2H3,(H,19,22)(H,20,21)/b11-8+. The highest BCUT2D eigenvalue weighted by molar-refractivity contribution is 6.03. The van der Waals surface area contributed by atoms with Crippen molar-refractivity contribution in [1.82, 2.24) is 5.32 Å². The lowest BCUT2D eigenvalue weighted by Crippen LogP contribution is -2.18. The van der Waals surface area contributed by atoms with Gasteiger partial charge in [0.25, 0.3) is 5.91 Å². The van der Waals surface area contributed by atoms with Crippen molar-refractivity contribution in [2.24, 2.45) is 0 Å². The van der Waals surface area contributed by atoms with Crippen LogP contribution in [0.15, 0.2) is 54.6 Å². The van der Waals surface area contributed by atoms with Gasteiger partial charge in [0.2, 0.25) is 5.91 Å². The molecule has 5 heteroatoms. The van der Waals surface area contributed by atoms with Crippen molar-refractivity contribution in [2.45, 2.75) is 0 Å². The quantitative estimate of drug-likeness (QED) is 0.834. The number of benzene rings is 2. The lowest BCUT2D eigenvalue weighted by molar-refractivity contribution is -0.111. The first-order chi connectivity index (χ1) is 11.1. The van der Waals surface area contributed by atoms with E-state index in [9.17, 15) is 9.59 Å². The molecule has 0 spiro atoms. The van der Waals surface area contributed by atoms with Gasteiger partial charge in [-0.1, -0.05) is 18.2 Å². The molecule has 0 fully saturated rings. The number of hydrogen-bond donors (Lipinski definition) is 2. The number of rotatable bonds is 5. The normalized spacial score (nSPS) is 10.3. The lowest BCUT2D eigenvalue weighted by atomic mass is 10.2. The summed E-state index contributed by atoms with van der Waals surface area (Å²) in [5.74, 6) is 0.294. The summed E-state index contributed by atoms with van der Waals surface area (Å²) in [6.45, 7) is 0. The van der Waals surface area contributed by atoms with E-state index in [4.69, 9.17) is 4.74 Å². The van der Waals surface area contributed by atoms with E-state index in [-0.39, 0.29) is 11.8 Å². The maximum atomic E-state index is 11.9. The van der Waals surface area contributed by atoms with Gasteiger partial charge in [-0.05, 0) is 42.0 Å². The third-order valence-electron chi connectivity index (χ3n) is 3.16. The minimum absolute atomic E-state index is 0.199. The highest BCUT2D eigenvalue weighted by atomic mass is 16.5. The largest absolute Gasteiger partial charge is 0.497 e. The molecule has 0 aromatic heterocycles. The number of nitrogens with one attached hydrogen (secondary N) is 2. The maximum Gasteiger partial charge on any atom is 0.251 e. The van der Waals surface area contributed by atoms with E-state index < -0.39 is 0 Å². The smallest absolute Gasteiger partial charge is 0.251 e. The van der Waals surface area contributed by atoms with Crippen molar-refractivity contribution in [3.8, 4) is 5.75 Å². The minimum Gasteiger partial charge on any atom is -0.497 e. The van der Waals surface area contributed by atoms with Gasteiger partial charge in [0, 0.05) is 24.4 Å². The molecule has 2 rings (SSSR count). The average molecular weight is 310 g/mol. The first kappa shape index (κ1) is 16.3. The molecular weight excluding hydrogens is 292 g/mol. The second kappa shape index (κ2) is 7.79. The molecule has 0 heterocycles. The van der Waals surface area contributed by atoms with Crippen molar-refractivity contribution in [2.75, 3.05) is 19.5 Å². The van der Waals surface area contributed by atoms with Gasteiger partial charge in [-0.15, -0.1) is 0 Å². The summed E-state index contributed by atoms with van der Waals surface area (Å²) in [7, 11) is 3.16. The number of methoxy groups -OCH3 is 1. The number of hydrogen-bond acceptors (Lipinski definition) is 3. The van der Waals surface area contributed by atoms with Gasteiger partial charge in [-0.3, -0.25) is 9.59 Å².